The van der Waals surface area contributed by atoms with E-state index in [1.54, 1.807) is 0 Å². The number of hydrogen-bond acceptors (Lipinski definition) is 0. The first kappa shape index (κ1) is 21.9. The molecule has 0 amide bonds. The summed E-state index contributed by atoms with van der Waals surface area (Å²) >= 11 is 0. The van der Waals surface area contributed by atoms with Gasteiger partial charge in [-0.1, -0.05) is 100 Å². The van der Waals surface area contributed by atoms with Crippen molar-refractivity contribution in [2.45, 2.75) is 77.2 Å². The van der Waals surface area contributed by atoms with Gasteiger partial charge in [0.05, 0.1) is 0 Å². The molecule has 1 heteroatoms. The van der Waals surface area contributed by atoms with Crippen LogP contribution in [-0.2, 0) is 6.54 Å². The van der Waals surface area contributed by atoms with Gasteiger partial charge in [-0.05, 0) is 60.8 Å². The van der Waals surface area contributed by atoms with E-state index in [-0.39, 0.29) is 0 Å². The highest BCUT2D eigenvalue weighted by molar-refractivity contribution is 5.77. The Labute approximate surface area is 189 Å². The van der Waals surface area contributed by atoms with Crippen LogP contribution in [0.5, 0.6) is 0 Å². The van der Waals surface area contributed by atoms with Crippen molar-refractivity contribution in [1.82, 2.24) is 4.57 Å². The number of aromatic nitrogens is 1. The molecular weight excluding hydrogens is 374 g/mol. The van der Waals surface area contributed by atoms with Crippen molar-refractivity contribution in [3.05, 3.63) is 90.3 Å². The van der Waals surface area contributed by atoms with Gasteiger partial charge >= 0.3 is 0 Å². The Morgan fingerprint density at radius 3 is 2.42 bits per heavy atom. The summed E-state index contributed by atoms with van der Waals surface area (Å²) in [5.41, 5.74) is 7.85. The SMILES string of the molecule is C=C(CC(C)CC(=C)C1CCn2c(C(=C)c3ccccc3)ccc21)CC1CCCCC1. The third-order valence-corrected chi connectivity index (χ3v) is 7.49. The summed E-state index contributed by atoms with van der Waals surface area (Å²) in [6, 6.07) is 15.1. The summed E-state index contributed by atoms with van der Waals surface area (Å²) in [6.07, 6.45) is 11.8. The third kappa shape index (κ3) is 5.14. The molecule has 2 aliphatic rings. The fourth-order valence-electron chi connectivity index (χ4n) is 5.94. The Morgan fingerprint density at radius 1 is 0.935 bits per heavy atom. The number of nitrogens with zero attached hydrogens (tertiary/aromatic N) is 1. The van der Waals surface area contributed by atoms with Crippen LogP contribution in [0.2, 0.25) is 0 Å². The highest BCUT2D eigenvalue weighted by Crippen LogP contribution is 2.40. The standard InChI is InChI=1S/C30H39N/c1-22(19-23(2)21-26-11-7-5-8-12-26)20-24(3)28-17-18-31-29(15-16-30(28)31)25(4)27-13-9-6-10-14-27/h6,9-10,13-16,22,26,28H,2-5,7-8,11-12,17-21H2,1H3. The van der Waals surface area contributed by atoms with E-state index in [1.165, 1.54) is 73.0 Å². The Kier molecular flexibility index (Phi) is 7.00. The number of hydrogen-bond donors (Lipinski definition) is 0. The second-order valence-electron chi connectivity index (χ2n) is 10.1. The number of benzene rings is 1. The first-order valence-corrected chi connectivity index (χ1v) is 12.3. The maximum absolute atomic E-state index is 4.55. The molecule has 0 bridgehead atoms. The van der Waals surface area contributed by atoms with Crippen molar-refractivity contribution in [3.63, 3.8) is 0 Å². The van der Waals surface area contributed by atoms with Gasteiger partial charge in [-0.25, -0.2) is 0 Å². The lowest BCUT2D eigenvalue weighted by atomic mass is 9.82. The van der Waals surface area contributed by atoms with Gasteiger partial charge in [0.25, 0.3) is 0 Å². The number of fused-ring (bicyclic) bond motifs is 1. The second kappa shape index (κ2) is 9.90. The van der Waals surface area contributed by atoms with Gasteiger partial charge in [0.2, 0.25) is 0 Å². The zero-order chi connectivity index (χ0) is 21.8. The summed E-state index contributed by atoms with van der Waals surface area (Å²) < 4.78 is 2.47. The smallest absolute Gasteiger partial charge is 0.0482 e. The maximum atomic E-state index is 4.55. The van der Waals surface area contributed by atoms with E-state index in [1.807, 2.05) is 0 Å². The summed E-state index contributed by atoms with van der Waals surface area (Å²) in [5, 5.41) is 0. The van der Waals surface area contributed by atoms with Gasteiger partial charge < -0.3 is 4.57 Å². The molecule has 1 aromatic carbocycles. The van der Waals surface area contributed by atoms with Crippen LogP contribution in [0.15, 0.2) is 73.3 Å². The molecule has 0 saturated heterocycles. The van der Waals surface area contributed by atoms with E-state index >= 15 is 0 Å². The van der Waals surface area contributed by atoms with Crippen LogP contribution in [0, 0.1) is 11.8 Å². The van der Waals surface area contributed by atoms with Crippen LogP contribution in [0.3, 0.4) is 0 Å². The first-order chi connectivity index (χ1) is 15.0. The molecule has 1 aliphatic carbocycles. The molecular formula is C30H39N. The van der Waals surface area contributed by atoms with E-state index < -0.39 is 0 Å². The zero-order valence-corrected chi connectivity index (χ0v) is 19.4. The molecule has 1 aliphatic heterocycles. The van der Waals surface area contributed by atoms with Crippen LogP contribution in [0.25, 0.3) is 5.57 Å². The Balaban J connectivity index is 1.34. The zero-order valence-electron chi connectivity index (χ0n) is 19.4. The van der Waals surface area contributed by atoms with E-state index in [0.717, 1.165) is 30.9 Å². The predicted octanol–water partition coefficient (Wildman–Crippen LogP) is 8.54. The lowest BCUT2D eigenvalue weighted by Crippen LogP contribution is -2.09. The molecule has 4 rings (SSSR count). The van der Waals surface area contributed by atoms with Crippen molar-refractivity contribution >= 4 is 5.57 Å². The third-order valence-electron chi connectivity index (χ3n) is 7.49. The fraction of sp³-hybridized carbons (Fsp3) is 0.467. The van der Waals surface area contributed by atoms with Crippen molar-refractivity contribution in [2.24, 2.45) is 11.8 Å². The lowest BCUT2D eigenvalue weighted by Gasteiger charge is -2.24. The van der Waals surface area contributed by atoms with Crippen LogP contribution >= 0.6 is 0 Å². The molecule has 0 spiro atoms. The lowest BCUT2D eigenvalue weighted by molar-refractivity contribution is 0.350. The second-order valence-corrected chi connectivity index (χ2v) is 10.1. The largest absolute Gasteiger partial charge is 0.344 e. The Hall–Kier alpha value is -2.28. The fourth-order valence-corrected chi connectivity index (χ4v) is 5.94. The van der Waals surface area contributed by atoms with Crippen molar-refractivity contribution in [2.75, 3.05) is 0 Å². The van der Waals surface area contributed by atoms with Crippen molar-refractivity contribution < 1.29 is 0 Å². The average molecular weight is 414 g/mol. The van der Waals surface area contributed by atoms with Crippen LogP contribution in [0.1, 0.15) is 87.6 Å². The summed E-state index contributed by atoms with van der Waals surface area (Å²) in [5.74, 6) is 2.00. The van der Waals surface area contributed by atoms with Gasteiger partial charge in [-0.2, -0.15) is 0 Å². The number of rotatable bonds is 9. The quantitative estimate of drug-likeness (QED) is 0.363. The summed E-state index contributed by atoms with van der Waals surface area (Å²) in [4.78, 5) is 0. The van der Waals surface area contributed by atoms with Gasteiger partial charge in [0.15, 0.2) is 0 Å². The average Bonchev–Trinajstić information content (AvgIpc) is 3.36. The van der Waals surface area contributed by atoms with E-state index in [4.69, 9.17) is 0 Å². The molecule has 1 fully saturated rings. The normalized spacial score (nSPS) is 19.7. The maximum Gasteiger partial charge on any atom is 0.0482 e. The minimum atomic E-state index is 0.478. The topological polar surface area (TPSA) is 4.93 Å². The molecule has 1 aromatic heterocycles. The Morgan fingerprint density at radius 2 is 1.68 bits per heavy atom. The van der Waals surface area contributed by atoms with Crippen LogP contribution < -0.4 is 0 Å². The van der Waals surface area contributed by atoms with E-state index in [9.17, 15) is 0 Å². The van der Waals surface area contributed by atoms with E-state index in [2.05, 4.69) is 73.7 Å². The molecule has 0 N–H and O–H groups in total. The monoisotopic (exact) mass is 413 g/mol. The minimum absolute atomic E-state index is 0.478. The molecule has 2 aromatic rings. The van der Waals surface area contributed by atoms with E-state index in [0.29, 0.717) is 11.8 Å². The molecule has 2 atom stereocenters. The molecule has 2 heterocycles. The summed E-state index contributed by atoms with van der Waals surface area (Å²) in [7, 11) is 0. The van der Waals surface area contributed by atoms with Gasteiger partial charge in [-0.3, -0.25) is 0 Å². The predicted molar refractivity (Wildman–Crippen MR) is 134 cm³/mol. The Bertz CT molecular complexity index is 923. The molecule has 2 unspecified atom stereocenters. The molecule has 0 radical (unpaired) electrons. The highest BCUT2D eigenvalue weighted by Gasteiger charge is 2.28. The molecule has 1 nitrogen and oxygen atoms in total. The minimum Gasteiger partial charge on any atom is -0.344 e. The highest BCUT2D eigenvalue weighted by atomic mass is 15.0. The number of allylic oxidation sites excluding steroid dienone is 2. The molecule has 31 heavy (non-hydrogen) atoms. The van der Waals surface area contributed by atoms with Crippen molar-refractivity contribution in [3.8, 4) is 0 Å². The van der Waals surface area contributed by atoms with Gasteiger partial charge in [-0.15, -0.1) is 0 Å². The molecule has 164 valence electrons. The molecule has 1 saturated carbocycles. The van der Waals surface area contributed by atoms with Gasteiger partial charge in [0, 0.05) is 23.9 Å². The summed E-state index contributed by atoms with van der Waals surface area (Å²) in [6.45, 7) is 16.8. The van der Waals surface area contributed by atoms with Crippen molar-refractivity contribution in [1.29, 1.82) is 0 Å². The van der Waals surface area contributed by atoms with Crippen LogP contribution in [0.4, 0.5) is 0 Å². The van der Waals surface area contributed by atoms with Crippen LogP contribution in [-0.4, -0.2) is 4.57 Å². The van der Waals surface area contributed by atoms with Gasteiger partial charge in [0.1, 0.15) is 0 Å². The first-order valence-electron chi connectivity index (χ1n) is 12.3.